The van der Waals surface area contributed by atoms with Crippen molar-refractivity contribution in [3.8, 4) is 17.6 Å². The highest BCUT2D eigenvalue weighted by Gasteiger charge is 2.27. The molecule has 6 nitrogen and oxygen atoms in total. The molecule has 4 rings (SSSR count). The molecule has 3 aromatic carbocycles. The molecule has 1 aliphatic heterocycles. The number of sulfonamides is 1. The van der Waals surface area contributed by atoms with Crippen molar-refractivity contribution in [2.75, 3.05) is 13.2 Å². The minimum Gasteiger partial charge on any atom is -0.490 e. The van der Waals surface area contributed by atoms with Crippen LogP contribution >= 0.6 is 23.2 Å². The van der Waals surface area contributed by atoms with Crippen LogP contribution in [0.2, 0.25) is 10.0 Å². The molecule has 0 bridgehead atoms. The van der Waals surface area contributed by atoms with E-state index in [1.54, 1.807) is 48.5 Å². The van der Waals surface area contributed by atoms with Crippen LogP contribution < -0.4 is 14.2 Å². The summed E-state index contributed by atoms with van der Waals surface area (Å²) in [6.07, 6.45) is 0.684. The fourth-order valence-electron chi connectivity index (χ4n) is 3.32. The Morgan fingerprint density at radius 2 is 1.47 bits per heavy atom. The quantitative estimate of drug-likeness (QED) is 0.539. The SMILES string of the molecule is N#Cc1ccc(C(NS(=O)(=O)c2cc3c(cc2Cl)OCCCO3)c2ccc(Cl)cc2)cc1. The Labute approximate surface area is 196 Å². The van der Waals surface area contributed by atoms with Gasteiger partial charge in [0, 0.05) is 23.6 Å². The summed E-state index contributed by atoms with van der Waals surface area (Å²) in [4.78, 5) is -0.115. The second kappa shape index (κ2) is 9.39. The van der Waals surface area contributed by atoms with E-state index >= 15 is 0 Å². The van der Waals surface area contributed by atoms with E-state index in [0.29, 0.717) is 52.8 Å². The van der Waals surface area contributed by atoms with Crippen LogP contribution in [-0.2, 0) is 10.0 Å². The summed E-state index contributed by atoms with van der Waals surface area (Å²) in [5, 5.41) is 9.64. The summed E-state index contributed by atoms with van der Waals surface area (Å²) in [7, 11) is -4.07. The number of rotatable bonds is 5. The molecule has 1 N–H and O–H groups in total. The summed E-state index contributed by atoms with van der Waals surface area (Å²) in [5.41, 5.74) is 1.80. The molecule has 9 heteroatoms. The largest absolute Gasteiger partial charge is 0.490 e. The summed E-state index contributed by atoms with van der Waals surface area (Å²) in [6, 6.07) is 17.7. The van der Waals surface area contributed by atoms with Crippen molar-refractivity contribution < 1.29 is 17.9 Å². The van der Waals surface area contributed by atoms with Crippen LogP contribution in [0.5, 0.6) is 11.5 Å². The molecule has 0 aliphatic carbocycles. The predicted octanol–water partition coefficient (Wildman–Crippen LogP) is 5.09. The lowest BCUT2D eigenvalue weighted by Gasteiger charge is -2.21. The molecule has 0 fully saturated rings. The molecule has 1 heterocycles. The van der Waals surface area contributed by atoms with Crippen LogP contribution in [0.25, 0.3) is 0 Å². The maximum Gasteiger partial charge on any atom is 0.243 e. The monoisotopic (exact) mass is 488 g/mol. The Kier molecular flexibility index (Phi) is 6.58. The standard InChI is InChI=1S/C23H18Cl2N2O4S/c24-18-8-6-17(7-9-18)23(16-4-2-15(14-26)3-5-16)27-32(28,29)22-13-21-20(12-19(22)25)30-10-1-11-31-21/h2-9,12-13,23,27H,1,10-11H2. The number of nitriles is 1. The fraction of sp³-hybridized carbons (Fsp3) is 0.174. The number of nitrogens with one attached hydrogen (secondary N) is 1. The first-order valence-corrected chi connectivity index (χ1v) is 12.0. The highest BCUT2D eigenvalue weighted by atomic mass is 35.5. The Hall–Kier alpha value is -2.76. The summed E-state index contributed by atoms with van der Waals surface area (Å²) in [6.45, 7) is 0.880. The fourth-order valence-corrected chi connectivity index (χ4v) is 5.20. The number of fused-ring (bicyclic) bond motifs is 1. The molecule has 0 spiro atoms. The predicted molar refractivity (Wildman–Crippen MR) is 122 cm³/mol. The number of halogens is 2. The molecule has 0 amide bonds. The van der Waals surface area contributed by atoms with E-state index in [2.05, 4.69) is 10.8 Å². The van der Waals surface area contributed by atoms with Crippen molar-refractivity contribution in [3.63, 3.8) is 0 Å². The van der Waals surface area contributed by atoms with E-state index in [9.17, 15) is 8.42 Å². The van der Waals surface area contributed by atoms with Crippen molar-refractivity contribution in [1.29, 1.82) is 5.26 Å². The zero-order valence-corrected chi connectivity index (χ0v) is 19.0. The van der Waals surface area contributed by atoms with Gasteiger partial charge < -0.3 is 9.47 Å². The Bertz CT molecular complexity index is 1270. The molecule has 1 unspecified atom stereocenters. The van der Waals surface area contributed by atoms with Crippen LogP contribution in [0.3, 0.4) is 0 Å². The minimum absolute atomic E-state index is 0.0245. The molecule has 1 aliphatic rings. The first-order chi connectivity index (χ1) is 15.4. The van der Waals surface area contributed by atoms with Gasteiger partial charge in [0.1, 0.15) is 4.90 Å². The smallest absolute Gasteiger partial charge is 0.243 e. The lowest BCUT2D eigenvalue weighted by Crippen LogP contribution is -2.29. The van der Waals surface area contributed by atoms with Gasteiger partial charge in [-0.05, 0) is 35.4 Å². The van der Waals surface area contributed by atoms with Gasteiger partial charge in [0.2, 0.25) is 10.0 Å². The second-order valence-corrected chi connectivity index (χ2v) is 9.65. The van der Waals surface area contributed by atoms with E-state index in [0.717, 1.165) is 0 Å². The molecular weight excluding hydrogens is 471 g/mol. The van der Waals surface area contributed by atoms with E-state index < -0.39 is 16.1 Å². The van der Waals surface area contributed by atoms with E-state index in [-0.39, 0.29) is 9.92 Å². The highest BCUT2D eigenvalue weighted by molar-refractivity contribution is 7.89. The van der Waals surface area contributed by atoms with Crippen LogP contribution in [0.4, 0.5) is 0 Å². The van der Waals surface area contributed by atoms with Crippen molar-refractivity contribution in [2.24, 2.45) is 0 Å². The van der Waals surface area contributed by atoms with Gasteiger partial charge in [-0.25, -0.2) is 8.42 Å². The van der Waals surface area contributed by atoms with Gasteiger partial charge in [0.15, 0.2) is 11.5 Å². The maximum absolute atomic E-state index is 13.4. The number of benzene rings is 3. The lowest BCUT2D eigenvalue weighted by molar-refractivity contribution is 0.297. The minimum atomic E-state index is -4.07. The number of nitrogens with zero attached hydrogens (tertiary/aromatic N) is 1. The molecule has 0 saturated heterocycles. The number of ether oxygens (including phenoxy) is 2. The molecule has 1 atom stereocenters. The topological polar surface area (TPSA) is 88.4 Å². The molecule has 32 heavy (non-hydrogen) atoms. The second-order valence-electron chi connectivity index (χ2n) is 7.12. The third kappa shape index (κ3) is 4.84. The maximum atomic E-state index is 13.4. The third-order valence-electron chi connectivity index (χ3n) is 4.94. The van der Waals surface area contributed by atoms with Crippen molar-refractivity contribution in [1.82, 2.24) is 4.72 Å². The average Bonchev–Trinajstić information content (AvgIpc) is 3.02. The molecule has 0 radical (unpaired) electrons. The van der Waals surface area contributed by atoms with Crippen molar-refractivity contribution in [2.45, 2.75) is 17.4 Å². The lowest BCUT2D eigenvalue weighted by atomic mass is 9.99. The van der Waals surface area contributed by atoms with Crippen molar-refractivity contribution in [3.05, 3.63) is 87.4 Å². The van der Waals surface area contributed by atoms with E-state index in [1.807, 2.05) is 0 Å². The normalized spacial score (nSPS) is 14.3. The summed E-state index contributed by atoms with van der Waals surface area (Å²) < 4.78 is 40.7. The number of hydrogen-bond acceptors (Lipinski definition) is 5. The zero-order valence-electron chi connectivity index (χ0n) is 16.7. The summed E-state index contributed by atoms with van der Waals surface area (Å²) in [5.74, 6) is 0.737. The number of hydrogen-bond donors (Lipinski definition) is 1. The van der Waals surface area contributed by atoms with Crippen LogP contribution in [0.1, 0.15) is 29.2 Å². The van der Waals surface area contributed by atoms with Crippen molar-refractivity contribution >= 4 is 33.2 Å². The Balaban J connectivity index is 1.75. The molecule has 164 valence electrons. The molecule has 0 saturated carbocycles. The van der Waals surface area contributed by atoms with Gasteiger partial charge >= 0.3 is 0 Å². The molecule has 3 aromatic rings. The third-order valence-corrected chi connectivity index (χ3v) is 7.08. The van der Waals surface area contributed by atoms with Gasteiger partial charge in [0.05, 0.1) is 35.9 Å². The zero-order chi connectivity index (χ0) is 22.7. The van der Waals surface area contributed by atoms with Crippen LogP contribution in [0, 0.1) is 11.3 Å². The molecule has 0 aromatic heterocycles. The first-order valence-electron chi connectivity index (χ1n) is 9.74. The molecular formula is C23H18Cl2N2O4S. The van der Waals surface area contributed by atoms with Gasteiger partial charge in [-0.15, -0.1) is 0 Å². The summed E-state index contributed by atoms with van der Waals surface area (Å²) >= 11 is 12.3. The van der Waals surface area contributed by atoms with E-state index in [4.69, 9.17) is 37.9 Å². The average molecular weight is 489 g/mol. The van der Waals surface area contributed by atoms with Crippen LogP contribution in [-0.4, -0.2) is 21.6 Å². The Morgan fingerprint density at radius 3 is 2.06 bits per heavy atom. The first kappa shape index (κ1) is 22.4. The van der Waals surface area contributed by atoms with E-state index in [1.165, 1.54) is 12.1 Å². The van der Waals surface area contributed by atoms with Crippen LogP contribution in [0.15, 0.2) is 65.6 Å². The Morgan fingerprint density at radius 1 is 0.906 bits per heavy atom. The van der Waals surface area contributed by atoms with Gasteiger partial charge in [-0.2, -0.15) is 9.98 Å². The van der Waals surface area contributed by atoms with Gasteiger partial charge in [-0.1, -0.05) is 47.5 Å². The van der Waals surface area contributed by atoms with Gasteiger partial charge in [-0.3, -0.25) is 0 Å². The highest BCUT2D eigenvalue weighted by Crippen LogP contribution is 2.38. The van der Waals surface area contributed by atoms with Gasteiger partial charge in [0.25, 0.3) is 0 Å².